The Balaban J connectivity index is 2.79. The first kappa shape index (κ1) is 13.1. The van der Waals surface area contributed by atoms with Gasteiger partial charge >= 0.3 is 0 Å². The van der Waals surface area contributed by atoms with Crippen molar-refractivity contribution in [3.63, 3.8) is 0 Å². The van der Waals surface area contributed by atoms with Crippen molar-refractivity contribution in [1.29, 1.82) is 0 Å². The first-order valence-electron chi connectivity index (χ1n) is 6.16. The third kappa shape index (κ3) is 3.56. The molecule has 90 valence electrons. The molecule has 0 aliphatic rings. The summed E-state index contributed by atoms with van der Waals surface area (Å²) in [5, 5.41) is 3.56. The molecule has 0 aliphatic carbocycles. The summed E-state index contributed by atoms with van der Waals surface area (Å²) >= 11 is 0. The molecule has 0 amide bonds. The van der Waals surface area contributed by atoms with E-state index in [0.717, 1.165) is 18.7 Å². The molecule has 1 rings (SSSR count). The standard InChI is InChI=1S/C13H23N3/c1-5-6-16-13(11(4)10(2)3)12-9-14-7-8-15-12/h7-11,13,16H,5-6H2,1-4H3. The molecule has 0 radical (unpaired) electrons. The molecule has 0 fully saturated rings. The molecule has 0 saturated heterocycles. The molecule has 0 spiro atoms. The van der Waals surface area contributed by atoms with Crippen LogP contribution >= 0.6 is 0 Å². The van der Waals surface area contributed by atoms with Gasteiger partial charge in [-0.1, -0.05) is 27.7 Å². The van der Waals surface area contributed by atoms with Crippen LogP contribution in [0.2, 0.25) is 0 Å². The maximum Gasteiger partial charge on any atom is 0.0758 e. The highest BCUT2D eigenvalue weighted by Gasteiger charge is 2.22. The number of nitrogens with zero attached hydrogens (tertiary/aromatic N) is 2. The molecule has 1 aromatic rings. The highest BCUT2D eigenvalue weighted by Crippen LogP contribution is 2.25. The van der Waals surface area contributed by atoms with Gasteiger partial charge in [-0.15, -0.1) is 0 Å². The Morgan fingerprint density at radius 1 is 1.25 bits per heavy atom. The van der Waals surface area contributed by atoms with E-state index in [-0.39, 0.29) is 0 Å². The fourth-order valence-corrected chi connectivity index (χ4v) is 1.72. The van der Waals surface area contributed by atoms with E-state index in [4.69, 9.17) is 0 Å². The van der Waals surface area contributed by atoms with Crippen LogP contribution in [0, 0.1) is 11.8 Å². The molecule has 0 bridgehead atoms. The van der Waals surface area contributed by atoms with E-state index in [2.05, 4.69) is 43.0 Å². The number of aromatic nitrogens is 2. The lowest BCUT2D eigenvalue weighted by Gasteiger charge is -2.27. The molecular weight excluding hydrogens is 198 g/mol. The third-order valence-corrected chi connectivity index (χ3v) is 3.09. The zero-order valence-electron chi connectivity index (χ0n) is 10.8. The SMILES string of the molecule is CCCNC(c1cnccn1)C(C)C(C)C. The Hall–Kier alpha value is -0.960. The third-order valence-electron chi connectivity index (χ3n) is 3.09. The summed E-state index contributed by atoms with van der Waals surface area (Å²) in [6.45, 7) is 9.98. The van der Waals surface area contributed by atoms with Gasteiger partial charge in [0.15, 0.2) is 0 Å². The predicted molar refractivity (Wildman–Crippen MR) is 67.1 cm³/mol. The molecule has 1 N–H and O–H groups in total. The molecule has 2 unspecified atom stereocenters. The van der Waals surface area contributed by atoms with Crippen LogP contribution in [-0.4, -0.2) is 16.5 Å². The molecule has 0 aromatic carbocycles. The Kier molecular flexibility index (Phi) is 5.39. The second kappa shape index (κ2) is 6.59. The summed E-state index contributed by atoms with van der Waals surface area (Å²) in [6, 6.07) is 0.314. The predicted octanol–water partition coefficient (Wildman–Crippen LogP) is 2.81. The van der Waals surface area contributed by atoms with Crippen molar-refractivity contribution in [2.24, 2.45) is 11.8 Å². The zero-order valence-corrected chi connectivity index (χ0v) is 10.8. The summed E-state index contributed by atoms with van der Waals surface area (Å²) in [6.07, 6.45) is 6.50. The largest absolute Gasteiger partial charge is 0.308 e. The van der Waals surface area contributed by atoms with E-state index < -0.39 is 0 Å². The smallest absolute Gasteiger partial charge is 0.0758 e. The van der Waals surface area contributed by atoms with E-state index >= 15 is 0 Å². The minimum atomic E-state index is 0.314. The first-order chi connectivity index (χ1) is 7.66. The van der Waals surface area contributed by atoms with Gasteiger partial charge in [0.25, 0.3) is 0 Å². The van der Waals surface area contributed by atoms with Gasteiger partial charge in [-0.2, -0.15) is 0 Å². The van der Waals surface area contributed by atoms with Gasteiger partial charge < -0.3 is 5.32 Å². The Morgan fingerprint density at radius 2 is 2.00 bits per heavy atom. The van der Waals surface area contributed by atoms with E-state index in [1.54, 1.807) is 12.4 Å². The van der Waals surface area contributed by atoms with Gasteiger partial charge in [0, 0.05) is 18.6 Å². The fraction of sp³-hybridized carbons (Fsp3) is 0.692. The molecule has 1 heterocycles. The van der Waals surface area contributed by atoms with Crippen molar-refractivity contribution in [3.8, 4) is 0 Å². The van der Waals surface area contributed by atoms with Crippen LogP contribution in [-0.2, 0) is 0 Å². The van der Waals surface area contributed by atoms with Crippen molar-refractivity contribution < 1.29 is 0 Å². The Bertz CT molecular complexity index is 284. The van der Waals surface area contributed by atoms with Gasteiger partial charge in [0.1, 0.15) is 0 Å². The summed E-state index contributed by atoms with van der Waals surface area (Å²) in [7, 11) is 0. The zero-order chi connectivity index (χ0) is 12.0. The van der Waals surface area contributed by atoms with Crippen LogP contribution < -0.4 is 5.32 Å². The molecule has 0 aliphatic heterocycles. The minimum Gasteiger partial charge on any atom is -0.308 e. The monoisotopic (exact) mass is 221 g/mol. The lowest BCUT2D eigenvalue weighted by molar-refractivity contribution is 0.298. The lowest BCUT2D eigenvalue weighted by atomic mass is 9.88. The summed E-state index contributed by atoms with van der Waals surface area (Å²) in [4.78, 5) is 8.56. The maximum atomic E-state index is 4.41. The average Bonchev–Trinajstić information content (AvgIpc) is 2.30. The molecule has 16 heavy (non-hydrogen) atoms. The summed E-state index contributed by atoms with van der Waals surface area (Å²) in [5.74, 6) is 1.19. The lowest BCUT2D eigenvalue weighted by Crippen LogP contribution is -2.31. The van der Waals surface area contributed by atoms with Crippen LogP contribution in [0.15, 0.2) is 18.6 Å². The van der Waals surface area contributed by atoms with Crippen molar-refractivity contribution in [2.75, 3.05) is 6.54 Å². The number of rotatable bonds is 6. The number of nitrogens with one attached hydrogen (secondary N) is 1. The van der Waals surface area contributed by atoms with Gasteiger partial charge in [-0.3, -0.25) is 9.97 Å². The van der Waals surface area contributed by atoms with E-state index in [1.807, 2.05) is 6.20 Å². The van der Waals surface area contributed by atoms with E-state index in [0.29, 0.717) is 17.9 Å². The van der Waals surface area contributed by atoms with Gasteiger partial charge in [-0.05, 0) is 24.8 Å². The van der Waals surface area contributed by atoms with Crippen LogP contribution in [0.3, 0.4) is 0 Å². The van der Waals surface area contributed by atoms with E-state index in [9.17, 15) is 0 Å². The van der Waals surface area contributed by atoms with Crippen molar-refractivity contribution >= 4 is 0 Å². The molecule has 1 aromatic heterocycles. The second-order valence-corrected chi connectivity index (χ2v) is 4.67. The quantitative estimate of drug-likeness (QED) is 0.802. The van der Waals surface area contributed by atoms with Crippen LogP contribution in [0.1, 0.15) is 45.9 Å². The van der Waals surface area contributed by atoms with Crippen molar-refractivity contribution in [1.82, 2.24) is 15.3 Å². The van der Waals surface area contributed by atoms with Gasteiger partial charge in [0.2, 0.25) is 0 Å². The highest BCUT2D eigenvalue weighted by atomic mass is 15.0. The normalized spacial score (nSPS) is 15.1. The van der Waals surface area contributed by atoms with Crippen molar-refractivity contribution in [3.05, 3.63) is 24.3 Å². The molecule has 3 heteroatoms. The van der Waals surface area contributed by atoms with Gasteiger partial charge in [-0.25, -0.2) is 0 Å². The average molecular weight is 221 g/mol. The first-order valence-corrected chi connectivity index (χ1v) is 6.16. The van der Waals surface area contributed by atoms with E-state index in [1.165, 1.54) is 0 Å². The minimum absolute atomic E-state index is 0.314. The van der Waals surface area contributed by atoms with Crippen molar-refractivity contribution in [2.45, 2.75) is 40.2 Å². The molecular formula is C13H23N3. The summed E-state index contributed by atoms with van der Waals surface area (Å²) < 4.78 is 0. The Labute approximate surface area is 98.7 Å². The van der Waals surface area contributed by atoms with Crippen LogP contribution in [0.5, 0.6) is 0 Å². The number of hydrogen-bond donors (Lipinski definition) is 1. The molecule has 0 saturated carbocycles. The van der Waals surface area contributed by atoms with Crippen LogP contribution in [0.25, 0.3) is 0 Å². The summed E-state index contributed by atoms with van der Waals surface area (Å²) in [5.41, 5.74) is 1.05. The maximum absolute atomic E-state index is 4.41. The molecule has 2 atom stereocenters. The van der Waals surface area contributed by atoms with Crippen LogP contribution in [0.4, 0.5) is 0 Å². The molecule has 3 nitrogen and oxygen atoms in total. The van der Waals surface area contributed by atoms with Gasteiger partial charge in [0.05, 0.1) is 11.7 Å². The second-order valence-electron chi connectivity index (χ2n) is 4.67. The fourth-order valence-electron chi connectivity index (χ4n) is 1.72. The number of hydrogen-bond acceptors (Lipinski definition) is 3. The highest BCUT2D eigenvalue weighted by molar-refractivity contribution is 5.04. The Morgan fingerprint density at radius 3 is 2.50 bits per heavy atom. The topological polar surface area (TPSA) is 37.8 Å².